The molecule has 0 aliphatic rings. The normalized spacial score (nSPS) is 10.2. The Labute approximate surface area is 63.6 Å². The van der Waals surface area contributed by atoms with Crippen LogP contribution >= 0.6 is 11.6 Å². The van der Waals surface area contributed by atoms with Crippen LogP contribution in [0.4, 0.5) is 0 Å². The van der Waals surface area contributed by atoms with Gasteiger partial charge in [0.2, 0.25) is 0 Å². The third kappa shape index (κ3) is 1.72. The molecule has 0 saturated carbocycles. The molecule has 4 heteroatoms. The summed E-state index contributed by atoms with van der Waals surface area (Å²) in [7, 11) is 0. The smallest absolute Gasteiger partial charge is 0.162 e. The van der Waals surface area contributed by atoms with Crippen LogP contribution in [0.25, 0.3) is 0 Å². The van der Waals surface area contributed by atoms with Gasteiger partial charge in [-0.3, -0.25) is 0 Å². The molecule has 0 aliphatic carbocycles. The summed E-state index contributed by atoms with van der Waals surface area (Å²) in [6.45, 7) is -0.102. The molecule has 0 aliphatic heterocycles. The molecule has 0 spiro atoms. The Kier molecular flexibility index (Phi) is 2.71. The second-order valence-electron chi connectivity index (χ2n) is 1.88. The van der Waals surface area contributed by atoms with E-state index < -0.39 is 0 Å². The molecule has 56 valence electrons. The average molecular weight is 162 g/mol. The van der Waals surface area contributed by atoms with Crippen molar-refractivity contribution in [1.29, 1.82) is 0 Å². The van der Waals surface area contributed by atoms with Crippen molar-refractivity contribution in [2.75, 3.05) is 5.88 Å². The van der Waals surface area contributed by atoms with Gasteiger partial charge in [0.15, 0.2) is 5.76 Å². The first-order chi connectivity index (χ1) is 4.86. The van der Waals surface area contributed by atoms with Gasteiger partial charge in [-0.2, -0.15) is 0 Å². The van der Waals surface area contributed by atoms with Crippen LogP contribution in [0.5, 0.6) is 0 Å². The monoisotopic (exact) mass is 161 g/mol. The lowest BCUT2D eigenvalue weighted by Gasteiger charge is -1.81. The Morgan fingerprint density at radius 2 is 2.50 bits per heavy atom. The summed E-state index contributed by atoms with van der Waals surface area (Å²) in [6.07, 6.45) is 0.686. The van der Waals surface area contributed by atoms with E-state index in [9.17, 15) is 0 Å². The fraction of sp³-hybridized carbons (Fsp3) is 0.500. The largest absolute Gasteiger partial charge is 0.388 e. The SMILES string of the molecule is OCc1cc(CCCl)no1. The van der Waals surface area contributed by atoms with Crippen LogP contribution in [0.2, 0.25) is 0 Å². The summed E-state index contributed by atoms with van der Waals surface area (Å²) < 4.78 is 4.71. The number of aliphatic hydroxyl groups is 1. The lowest BCUT2D eigenvalue weighted by atomic mass is 10.3. The molecule has 0 atom stereocenters. The maximum Gasteiger partial charge on any atom is 0.162 e. The van der Waals surface area contributed by atoms with Crippen LogP contribution in [0.1, 0.15) is 11.5 Å². The van der Waals surface area contributed by atoms with Gasteiger partial charge in [0, 0.05) is 18.4 Å². The zero-order chi connectivity index (χ0) is 7.40. The van der Waals surface area contributed by atoms with Crippen molar-refractivity contribution in [3.05, 3.63) is 17.5 Å². The van der Waals surface area contributed by atoms with Gasteiger partial charge in [-0.25, -0.2) is 0 Å². The van der Waals surface area contributed by atoms with Crippen LogP contribution in [0.3, 0.4) is 0 Å². The minimum Gasteiger partial charge on any atom is -0.388 e. The standard InChI is InChI=1S/C6H8ClNO2/c7-2-1-5-3-6(4-9)10-8-5/h3,9H,1-2,4H2. The van der Waals surface area contributed by atoms with E-state index >= 15 is 0 Å². The van der Waals surface area contributed by atoms with Gasteiger partial charge < -0.3 is 9.63 Å². The number of rotatable bonds is 3. The maximum absolute atomic E-state index is 8.55. The van der Waals surface area contributed by atoms with Crippen LogP contribution in [-0.4, -0.2) is 16.1 Å². The minimum absolute atomic E-state index is 0.102. The van der Waals surface area contributed by atoms with Gasteiger partial charge in [0.25, 0.3) is 0 Å². The van der Waals surface area contributed by atoms with Crippen molar-refractivity contribution < 1.29 is 9.63 Å². The van der Waals surface area contributed by atoms with E-state index in [0.717, 1.165) is 5.69 Å². The van der Waals surface area contributed by atoms with Crippen molar-refractivity contribution in [2.24, 2.45) is 0 Å². The van der Waals surface area contributed by atoms with Crippen LogP contribution in [0, 0.1) is 0 Å². The van der Waals surface area contributed by atoms with Gasteiger partial charge in [-0.05, 0) is 0 Å². The van der Waals surface area contributed by atoms with E-state index in [1.165, 1.54) is 0 Å². The van der Waals surface area contributed by atoms with Crippen molar-refractivity contribution in [1.82, 2.24) is 5.16 Å². The Bertz CT molecular complexity index is 199. The Balaban J connectivity index is 2.59. The van der Waals surface area contributed by atoms with Gasteiger partial charge in [-0.1, -0.05) is 5.16 Å². The van der Waals surface area contributed by atoms with Gasteiger partial charge in [0.05, 0.1) is 5.69 Å². The molecule has 1 rings (SSSR count). The van der Waals surface area contributed by atoms with Gasteiger partial charge in [-0.15, -0.1) is 11.6 Å². The summed E-state index contributed by atoms with van der Waals surface area (Å²) in [5.41, 5.74) is 0.791. The van der Waals surface area contributed by atoms with E-state index in [0.29, 0.717) is 18.1 Å². The molecule has 1 N–H and O–H groups in total. The number of halogens is 1. The third-order valence-corrected chi connectivity index (χ3v) is 1.30. The first-order valence-electron chi connectivity index (χ1n) is 2.98. The molecule has 10 heavy (non-hydrogen) atoms. The van der Waals surface area contributed by atoms with E-state index in [1.54, 1.807) is 6.07 Å². The summed E-state index contributed by atoms with van der Waals surface area (Å²) in [4.78, 5) is 0. The second-order valence-corrected chi connectivity index (χ2v) is 2.26. The number of aromatic nitrogens is 1. The fourth-order valence-corrected chi connectivity index (χ4v) is 0.839. The number of aryl methyl sites for hydroxylation is 1. The van der Waals surface area contributed by atoms with Crippen molar-refractivity contribution in [3.63, 3.8) is 0 Å². The fourth-order valence-electron chi connectivity index (χ4n) is 0.645. The first-order valence-corrected chi connectivity index (χ1v) is 3.51. The highest BCUT2D eigenvalue weighted by atomic mass is 35.5. The average Bonchev–Trinajstić information content (AvgIpc) is 2.37. The topological polar surface area (TPSA) is 46.3 Å². The summed E-state index contributed by atoms with van der Waals surface area (Å²) in [5, 5.41) is 12.2. The highest BCUT2D eigenvalue weighted by Crippen LogP contribution is 2.03. The molecule has 0 bridgehead atoms. The van der Waals surface area contributed by atoms with Crippen molar-refractivity contribution in [3.8, 4) is 0 Å². The highest BCUT2D eigenvalue weighted by Gasteiger charge is 2.00. The summed E-state index contributed by atoms with van der Waals surface area (Å²) >= 11 is 5.44. The van der Waals surface area contributed by atoms with Gasteiger partial charge in [0.1, 0.15) is 6.61 Å². The predicted molar refractivity (Wildman–Crippen MR) is 36.8 cm³/mol. The molecule has 0 radical (unpaired) electrons. The first kappa shape index (κ1) is 7.57. The number of alkyl halides is 1. The Morgan fingerprint density at radius 3 is 3.00 bits per heavy atom. The molecule has 1 aromatic rings. The maximum atomic E-state index is 8.55. The third-order valence-electron chi connectivity index (χ3n) is 1.11. The summed E-state index contributed by atoms with van der Waals surface area (Å²) in [5.74, 6) is 1.01. The van der Waals surface area contributed by atoms with E-state index in [1.807, 2.05) is 0 Å². The van der Waals surface area contributed by atoms with Crippen LogP contribution in [-0.2, 0) is 13.0 Å². The molecule has 0 unspecified atom stereocenters. The van der Waals surface area contributed by atoms with E-state index in [2.05, 4.69) is 5.16 Å². The highest BCUT2D eigenvalue weighted by molar-refractivity contribution is 6.17. The predicted octanol–water partition coefficient (Wildman–Crippen LogP) is 0.948. The molecule has 0 amide bonds. The molecule has 0 fully saturated rings. The number of hydrogen-bond acceptors (Lipinski definition) is 3. The molecule has 1 aromatic heterocycles. The van der Waals surface area contributed by atoms with Crippen LogP contribution < -0.4 is 0 Å². The zero-order valence-corrected chi connectivity index (χ0v) is 6.14. The van der Waals surface area contributed by atoms with Gasteiger partial charge >= 0.3 is 0 Å². The number of nitrogens with zero attached hydrogens (tertiary/aromatic N) is 1. The number of hydrogen-bond donors (Lipinski definition) is 1. The van der Waals surface area contributed by atoms with Crippen molar-refractivity contribution in [2.45, 2.75) is 13.0 Å². The number of aliphatic hydroxyl groups excluding tert-OH is 1. The van der Waals surface area contributed by atoms with Crippen LogP contribution in [0.15, 0.2) is 10.6 Å². The minimum atomic E-state index is -0.102. The zero-order valence-electron chi connectivity index (χ0n) is 5.38. The Hall–Kier alpha value is -0.540. The summed E-state index contributed by atoms with van der Waals surface area (Å²) in [6, 6.07) is 1.70. The molecule has 1 heterocycles. The molecule has 0 aromatic carbocycles. The van der Waals surface area contributed by atoms with Crippen molar-refractivity contribution >= 4 is 11.6 Å². The van der Waals surface area contributed by atoms with E-state index in [-0.39, 0.29) is 6.61 Å². The molecular weight excluding hydrogens is 154 g/mol. The Morgan fingerprint density at radius 1 is 1.70 bits per heavy atom. The second kappa shape index (κ2) is 3.58. The molecule has 3 nitrogen and oxygen atoms in total. The van der Waals surface area contributed by atoms with E-state index in [4.69, 9.17) is 21.2 Å². The lowest BCUT2D eigenvalue weighted by molar-refractivity contribution is 0.228. The quantitative estimate of drug-likeness (QED) is 0.672. The lowest BCUT2D eigenvalue weighted by Crippen LogP contribution is -1.83. The molecular formula is C6H8ClNO2. The molecule has 0 saturated heterocycles.